The molecule has 0 saturated heterocycles. The van der Waals surface area contributed by atoms with Gasteiger partial charge in [0.1, 0.15) is 23.0 Å². The van der Waals surface area contributed by atoms with Crippen molar-refractivity contribution in [3.05, 3.63) is 129 Å². The van der Waals surface area contributed by atoms with Gasteiger partial charge in [0.25, 0.3) is 5.56 Å². The minimum absolute atomic E-state index is 0.0261. The van der Waals surface area contributed by atoms with Gasteiger partial charge in [0, 0.05) is 24.9 Å². The number of rotatable bonds is 11. The normalized spacial score (nSPS) is 16.3. The standard InChI is InChI=1S/C39H38F2N6O3/c1-42-18-3-2-5-25-8-12-27(13-9-25)28-6-4-7-32(20-28)46-37-33(21-30(41)22-43-37)38(49)47(39(46)50)31-15-10-26(11-16-31)19-35(48)34-24-45-23-29(40)14-17-36(45)44-34/h4,6-9,12-14,17,20-24,26,31,42H,2-3,5,10-11,15-16,18-19H2,1H3. The summed E-state index contributed by atoms with van der Waals surface area (Å²) >= 11 is 0. The van der Waals surface area contributed by atoms with E-state index in [0.717, 1.165) is 49.2 Å². The van der Waals surface area contributed by atoms with Gasteiger partial charge in [0.2, 0.25) is 0 Å². The molecule has 50 heavy (non-hydrogen) atoms. The summed E-state index contributed by atoms with van der Waals surface area (Å²) in [6.45, 7) is 0.992. The number of halogens is 2. The monoisotopic (exact) mass is 676 g/mol. The third-order valence-electron chi connectivity index (χ3n) is 9.78. The Kier molecular flexibility index (Phi) is 9.49. The molecular weight excluding hydrogens is 638 g/mol. The van der Waals surface area contributed by atoms with Crippen molar-refractivity contribution in [3.8, 4) is 16.8 Å². The Labute approximate surface area is 287 Å². The lowest BCUT2D eigenvalue weighted by atomic mass is 9.82. The Morgan fingerprint density at radius 3 is 2.48 bits per heavy atom. The summed E-state index contributed by atoms with van der Waals surface area (Å²) in [7, 11) is 1.96. The highest BCUT2D eigenvalue weighted by Gasteiger charge is 2.29. The van der Waals surface area contributed by atoms with Crippen molar-refractivity contribution in [2.24, 2.45) is 5.92 Å². The molecule has 2 aromatic carbocycles. The number of carbonyl (C=O) groups is 1. The average Bonchev–Trinajstić information content (AvgIpc) is 3.55. The van der Waals surface area contributed by atoms with E-state index in [2.05, 4.69) is 39.6 Å². The van der Waals surface area contributed by atoms with Crippen LogP contribution in [0.25, 0.3) is 33.5 Å². The third-order valence-corrected chi connectivity index (χ3v) is 9.78. The lowest BCUT2D eigenvalue weighted by Crippen LogP contribution is -2.43. The Morgan fingerprint density at radius 2 is 1.70 bits per heavy atom. The predicted molar refractivity (Wildman–Crippen MR) is 189 cm³/mol. The summed E-state index contributed by atoms with van der Waals surface area (Å²) in [5, 5.41) is 3.20. The second-order valence-electron chi connectivity index (χ2n) is 13.2. The van der Waals surface area contributed by atoms with Crippen molar-refractivity contribution in [1.82, 2.24) is 28.8 Å². The SMILES string of the molecule is CNCCCCc1ccc(-c2cccc(-n3c(=O)n(C4CCC(CC(=O)c5cn6cc(F)ccc6n5)CC4)c(=O)c4cc(F)cnc43)c2)cc1. The first-order valence-corrected chi connectivity index (χ1v) is 17.1. The van der Waals surface area contributed by atoms with Gasteiger partial charge in [-0.3, -0.25) is 14.2 Å². The molecule has 11 heteroatoms. The highest BCUT2D eigenvalue weighted by Crippen LogP contribution is 2.34. The van der Waals surface area contributed by atoms with E-state index in [1.807, 2.05) is 25.2 Å². The zero-order valence-electron chi connectivity index (χ0n) is 27.8. The van der Waals surface area contributed by atoms with Gasteiger partial charge < -0.3 is 9.72 Å². The van der Waals surface area contributed by atoms with Crippen LogP contribution in [0.1, 0.15) is 67.0 Å². The van der Waals surface area contributed by atoms with Crippen molar-refractivity contribution < 1.29 is 13.6 Å². The lowest BCUT2D eigenvalue weighted by molar-refractivity contribution is 0.0938. The molecule has 256 valence electrons. The molecule has 1 saturated carbocycles. The Bertz CT molecular complexity index is 2300. The molecule has 1 aliphatic rings. The zero-order valence-corrected chi connectivity index (χ0v) is 27.8. The number of carbonyl (C=O) groups excluding carboxylic acids is 1. The van der Waals surface area contributed by atoms with Gasteiger partial charge in [0.15, 0.2) is 11.4 Å². The number of aromatic nitrogens is 5. The smallest absolute Gasteiger partial charge is 0.320 e. The van der Waals surface area contributed by atoms with E-state index in [1.54, 1.807) is 6.07 Å². The number of hydrogen-bond acceptors (Lipinski definition) is 6. The predicted octanol–water partition coefficient (Wildman–Crippen LogP) is 6.69. The summed E-state index contributed by atoms with van der Waals surface area (Å²) in [4.78, 5) is 49.8. The lowest BCUT2D eigenvalue weighted by Gasteiger charge is -2.29. The van der Waals surface area contributed by atoms with Crippen molar-refractivity contribution in [2.45, 2.75) is 57.4 Å². The fourth-order valence-electron chi connectivity index (χ4n) is 7.13. The molecule has 1 N–H and O–H groups in total. The van der Waals surface area contributed by atoms with Crippen molar-refractivity contribution in [3.63, 3.8) is 0 Å². The topological polar surface area (TPSA) is 103 Å². The van der Waals surface area contributed by atoms with Crippen LogP contribution in [0.5, 0.6) is 0 Å². The first-order chi connectivity index (χ1) is 24.3. The number of nitrogens with one attached hydrogen (secondary N) is 1. The summed E-state index contributed by atoms with van der Waals surface area (Å²) in [6, 6.07) is 19.4. The van der Waals surface area contributed by atoms with Crippen LogP contribution < -0.4 is 16.6 Å². The highest BCUT2D eigenvalue weighted by molar-refractivity contribution is 5.95. The number of Topliss-reactive ketones (excluding diaryl/α,β-unsaturated/α-hetero) is 1. The van der Waals surface area contributed by atoms with Crippen molar-refractivity contribution in [1.29, 1.82) is 0 Å². The number of nitrogens with zero attached hydrogens (tertiary/aromatic N) is 5. The molecule has 4 heterocycles. The first-order valence-electron chi connectivity index (χ1n) is 17.1. The largest absolute Gasteiger partial charge is 0.337 e. The van der Waals surface area contributed by atoms with E-state index in [9.17, 15) is 23.2 Å². The van der Waals surface area contributed by atoms with Gasteiger partial charge in [-0.25, -0.2) is 28.1 Å². The summed E-state index contributed by atoms with van der Waals surface area (Å²) in [5.41, 5.74) is 3.41. The number of ketones is 1. The highest BCUT2D eigenvalue weighted by atomic mass is 19.1. The molecule has 7 rings (SSSR count). The van der Waals surface area contributed by atoms with Crippen LogP contribution in [0.2, 0.25) is 0 Å². The molecule has 1 aliphatic carbocycles. The van der Waals surface area contributed by atoms with E-state index >= 15 is 0 Å². The molecule has 0 aliphatic heterocycles. The molecule has 0 amide bonds. The maximum absolute atomic E-state index is 14.5. The second-order valence-corrected chi connectivity index (χ2v) is 13.2. The van der Waals surface area contributed by atoms with Gasteiger partial charge in [0.05, 0.1) is 17.3 Å². The summed E-state index contributed by atoms with van der Waals surface area (Å²) in [5.74, 6) is -1.18. The van der Waals surface area contributed by atoms with Crippen LogP contribution in [-0.2, 0) is 6.42 Å². The minimum Gasteiger partial charge on any atom is -0.320 e. The summed E-state index contributed by atoms with van der Waals surface area (Å²) in [6.07, 6.45) is 9.52. The van der Waals surface area contributed by atoms with Crippen LogP contribution in [0.15, 0.2) is 94.9 Å². The van der Waals surface area contributed by atoms with Crippen LogP contribution in [0.4, 0.5) is 8.78 Å². The van der Waals surface area contributed by atoms with Gasteiger partial charge in [-0.1, -0.05) is 36.4 Å². The molecule has 0 spiro atoms. The molecule has 6 aromatic rings. The first kappa shape index (κ1) is 33.2. The zero-order chi connectivity index (χ0) is 34.8. The Hall–Kier alpha value is -5.29. The minimum atomic E-state index is -0.664. The molecular formula is C39H38F2N6O3. The fourth-order valence-corrected chi connectivity index (χ4v) is 7.13. The van der Waals surface area contributed by atoms with Gasteiger partial charge >= 0.3 is 5.69 Å². The number of benzene rings is 2. The molecule has 0 radical (unpaired) electrons. The van der Waals surface area contributed by atoms with Crippen LogP contribution in [0, 0.1) is 17.6 Å². The molecule has 4 aromatic heterocycles. The molecule has 1 fully saturated rings. The molecule has 9 nitrogen and oxygen atoms in total. The number of fused-ring (bicyclic) bond motifs is 2. The third kappa shape index (κ3) is 6.78. The van der Waals surface area contributed by atoms with Crippen LogP contribution in [-0.4, -0.2) is 42.9 Å². The quantitative estimate of drug-likeness (QED) is 0.121. The van der Waals surface area contributed by atoms with E-state index in [4.69, 9.17) is 0 Å². The van der Waals surface area contributed by atoms with E-state index in [0.29, 0.717) is 37.0 Å². The molecule has 0 bridgehead atoms. The second kappa shape index (κ2) is 14.3. The van der Waals surface area contributed by atoms with Crippen LogP contribution >= 0.6 is 0 Å². The number of imidazole rings is 1. The van der Waals surface area contributed by atoms with Crippen molar-refractivity contribution >= 4 is 22.5 Å². The van der Waals surface area contributed by atoms with Gasteiger partial charge in [-0.05, 0) is 111 Å². The molecule has 0 unspecified atom stereocenters. The van der Waals surface area contributed by atoms with Crippen molar-refractivity contribution in [2.75, 3.05) is 13.6 Å². The fraction of sp³-hybridized carbons (Fsp3) is 0.308. The van der Waals surface area contributed by atoms with E-state index in [-0.39, 0.29) is 34.8 Å². The van der Waals surface area contributed by atoms with E-state index in [1.165, 1.54) is 43.6 Å². The Balaban J connectivity index is 1.14. The maximum atomic E-state index is 14.5. The number of unbranched alkanes of at least 4 members (excludes halogenated alkanes) is 1. The Morgan fingerprint density at radius 1 is 0.900 bits per heavy atom. The summed E-state index contributed by atoms with van der Waals surface area (Å²) < 4.78 is 32.3. The number of aryl methyl sites for hydroxylation is 1. The van der Waals surface area contributed by atoms with E-state index < -0.39 is 28.9 Å². The number of pyridine rings is 2. The molecule has 0 atom stereocenters. The average molecular weight is 677 g/mol. The van der Waals surface area contributed by atoms with Crippen LogP contribution in [0.3, 0.4) is 0 Å². The van der Waals surface area contributed by atoms with Gasteiger partial charge in [-0.2, -0.15) is 0 Å². The van der Waals surface area contributed by atoms with Gasteiger partial charge in [-0.15, -0.1) is 0 Å². The number of hydrogen-bond donors (Lipinski definition) is 1. The maximum Gasteiger partial charge on any atom is 0.337 e.